The third kappa shape index (κ3) is 3.13. The van der Waals surface area contributed by atoms with Gasteiger partial charge >= 0.3 is 0 Å². The molecular weight excluding hydrogens is 342 g/mol. The van der Waals surface area contributed by atoms with Gasteiger partial charge in [-0.05, 0) is 47.7 Å². The molecular formula is C16H19N5O3S. The summed E-state index contributed by atoms with van der Waals surface area (Å²) in [4.78, 5) is 0.0782. The largest absolute Gasteiger partial charge is 0.493 e. The molecule has 0 aromatic heterocycles. The van der Waals surface area contributed by atoms with Gasteiger partial charge in [0.2, 0.25) is 10.0 Å². The minimum absolute atomic E-state index is 0.0782. The van der Waals surface area contributed by atoms with Crippen molar-refractivity contribution < 1.29 is 13.2 Å². The van der Waals surface area contributed by atoms with Crippen LogP contribution < -0.4 is 31.8 Å². The highest BCUT2D eigenvalue weighted by Gasteiger charge is 2.27. The van der Waals surface area contributed by atoms with Gasteiger partial charge in [-0.2, -0.15) is 11.1 Å². The van der Waals surface area contributed by atoms with Gasteiger partial charge in [-0.3, -0.25) is 0 Å². The van der Waals surface area contributed by atoms with Crippen molar-refractivity contribution in [2.75, 3.05) is 6.61 Å². The topological polar surface area (TPSA) is 118 Å². The first kappa shape index (κ1) is 16.5. The molecule has 132 valence electrons. The monoisotopic (exact) mass is 361 g/mol. The van der Waals surface area contributed by atoms with Crippen molar-refractivity contribution in [3.8, 4) is 16.9 Å². The van der Waals surface area contributed by atoms with Gasteiger partial charge < -0.3 is 4.74 Å². The lowest BCUT2D eigenvalue weighted by molar-refractivity contribution is 0.288. The van der Waals surface area contributed by atoms with E-state index in [1.165, 1.54) is 6.07 Å². The first-order chi connectivity index (χ1) is 12.0. The predicted molar refractivity (Wildman–Crippen MR) is 92.4 cm³/mol. The van der Waals surface area contributed by atoms with E-state index in [1.54, 1.807) is 6.07 Å². The average Bonchev–Trinajstić information content (AvgIpc) is 3.14. The number of aryl methyl sites for hydroxylation is 1. The van der Waals surface area contributed by atoms with Gasteiger partial charge in [0, 0.05) is 5.56 Å². The van der Waals surface area contributed by atoms with E-state index < -0.39 is 16.2 Å². The number of hydrazine groups is 3. The van der Waals surface area contributed by atoms with Crippen LogP contribution in [0, 0.1) is 0 Å². The summed E-state index contributed by atoms with van der Waals surface area (Å²) in [5.41, 5.74) is 14.7. The van der Waals surface area contributed by atoms with Gasteiger partial charge in [0.15, 0.2) is 0 Å². The van der Waals surface area contributed by atoms with Gasteiger partial charge in [-0.1, -0.05) is 18.2 Å². The summed E-state index contributed by atoms with van der Waals surface area (Å²) in [5, 5.41) is 5.44. The summed E-state index contributed by atoms with van der Waals surface area (Å²) in [6.07, 6.45) is 1.45. The van der Waals surface area contributed by atoms with Gasteiger partial charge in [0.25, 0.3) is 0 Å². The van der Waals surface area contributed by atoms with E-state index in [2.05, 4.69) is 28.0 Å². The Hall–Kier alpha value is -2.01. The van der Waals surface area contributed by atoms with Crippen molar-refractivity contribution in [1.82, 2.24) is 21.9 Å². The Bertz CT molecular complexity index is 910. The van der Waals surface area contributed by atoms with Crippen molar-refractivity contribution >= 4 is 10.0 Å². The minimum Gasteiger partial charge on any atom is -0.493 e. The predicted octanol–water partition coefficient (Wildman–Crippen LogP) is 0.442. The van der Waals surface area contributed by atoms with Crippen molar-refractivity contribution in [3.05, 3.63) is 47.5 Å². The van der Waals surface area contributed by atoms with Crippen LogP contribution in [-0.4, -0.2) is 15.0 Å². The first-order valence-electron chi connectivity index (χ1n) is 7.97. The number of benzene rings is 2. The zero-order valence-electron chi connectivity index (χ0n) is 13.4. The molecule has 0 radical (unpaired) electrons. The fraction of sp³-hybridized carbons (Fsp3) is 0.250. The summed E-state index contributed by atoms with van der Waals surface area (Å²) in [6, 6.07) is 11.0. The molecule has 2 aromatic carbocycles. The smallest absolute Gasteiger partial charge is 0.238 e. The fourth-order valence-electron chi connectivity index (χ4n) is 3.27. The second kappa shape index (κ2) is 6.37. The Morgan fingerprint density at radius 3 is 2.68 bits per heavy atom. The zero-order valence-corrected chi connectivity index (χ0v) is 14.2. The standard InChI is InChI=1S/C16H19N5O3S/c17-25(22,23)14-5-1-4-12(15(14)16-18-20-21-19-16)10-6-7-13-11(9-10)3-2-8-24-13/h1,4-7,9,16,18-21H,2-3,8H2,(H2,17,22,23). The lowest BCUT2D eigenvalue weighted by Gasteiger charge is -2.21. The third-order valence-electron chi connectivity index (χ3n) is 4.38. The summed E-state index contributed by atoms with van der Waals surface area (Å²) in [7, 11) is -3.88. The third-order valence-corrected chi connectivity index (χ3v) is 5.35. The molecule has 8 nitrogen and oxygen atoms in total. The highest BCUT2D eigenvalue weighted by molar-refractivity contribution is 7.89. The maximum atomic E-state index is 12.1. The SMILES string of the molecule is NS(=O)(=O)c1cccc(-c2ccc3c(c2)CCCO3)c1C1NNNN1. The van der Waals surface area contributed by atoms with E-state index >= 15 is 0 Å². The molecule has 0 atom stereocenters. The summed E-state index contributed by atoms with van der Waals surface area (Å²) < 4.78 is 29.8. The summed E-state index contributed by atoms with van der Waals surface area (Å²) in [6.45, 7) is 0.728. The summed E-state index contributed by atoms with van der Waals surface area (Å²) >= 11 is 0. The van der Waals surface area contributed by atoms with Gasteiger partial charge in [0.1, 0.15) is 11.9 Å². The average molecular weight is 361 g/mol. The van der Waals surface area contributed by atoms with Crippen LogP contribution >= 0.6 is 0 Å². The normalized spacial score (nSPS) is 18.0. The van der Waals surface area contributed by atoms with E-state index in [-0.39, 0.29) is 4.90 Å². The van der Waals surface area contributed by atoms with E-state index in [0.29, 0.717) is 5.56 Å². The Balaban J connectivity index is 1.89. The van der Waals surface area contributed by atoms with E-state index in [4.69, 9.17) is 9.88 Å². The Morgan fingerprint density at radius 1 is 1.12 bits per heavy atom. The number of nitrogens with two attached hydrogens (primary N) is 1. The second-order valence-electron chi connectivity index (χ2n) is 6.01. The molecule has 0 saturated carbocycles. The molecule has 0 amide bonds. The van der Waals surface area contributed by atoms with E-state index in [0.717, 1.165) is 41.9 Å². The first-order valence-corrected chi connectivity index (χ1v) is 9.51. The van der Waals surface area contributed by atoms with E-state index in [9.17, 15) is 8.42 Å². The molecule has 0 bridgehead atoms. The van der Waals surface area contributed by atoms with E-state index in [1.807, 2.05) is 18.2 Å². The molecule has 0 aliphatic carbocycles. The van der Waals surface area contributed by atoms with Crippen LogP contribution in [0.15, 0.2) is 41.3 Å². The molecule has 1 saturated heterocycles. The molecule has 2 heterocycles. The van der Waals surface area contributed by atoms with Crippen LogP contribution in [0.1, 0.15) is 23.7 Å². The number of hydrogen-bond donors (Lipinski definition) is 5. The summed E-state index contributed by atoms with van der Waals surface area (Å²) in [5.74, 6) is 0.889. The quantitative estimate of drug-likeness (QED) is 0.538. The van der Waals surface area contributed by atoms with Crippen LogP contribution in [-0.2, 0) is 16.4 Å². The molecule has 4 rings (SSSR count). The molecule has 9 heteroatoms. The zero-order chi connectivity index (χ0) is 17.4. The lowest BCUT2D eigenvalue weighted by atomic mass is 9.94. The molecule has 1 fully saturated rings. The fourth-order valence-corrected chi connectivity index (χ4v) is 4.07. The van der Waals surface area contributed by atoms with Crippen LogP contribution in [0.3, 0.4) is 0 Å². The maximum Gasteiger partial charge on any atom is 0.238 e. The van der Waals surface area contributed by atoms with Crippen molar-refractivity contribution in [3.63, 3.8) is 0 Å². The van der Waals surface area contributed by atoms with Crippen molar-refractivity contribution in [2.45, 2.75) is 23.9 Å². The number of fused-ring (bicyclic) bond motifs is 1. The van der Waals surface area contributed by atoms with Crippen molar-refractivity contribution in [2.24, 2.45) is 5.14 Å². The van der Waals surface area contributed by atoms with Gasteiger partial charge in [-0.15, -0.1) is 0 Å². The Labute approximate surface area is 145 Å². The van der Waals surface area contributed by atoms with Gasteiger partial charge in [0.05, 0.1) is 11.5 Å². The lowest BCUT2D eigenvalue weighted by Crippen LogP contribution is -2.33. The highest BCUT2D eigenvalue weighted by atomic mass is 32.2. The molecule has 0 spiro atoms. The number of nitrogens with one attached hydrogen (secondary N) is 4. The van der Waals surface area contributed by atoms with Crippen LogP contribution in [0.4, 0.5) is 0 Å². The number of hydrogen-bond acceptors (Lipinski definition) is 7. The van der Waals surface area contributed by atoms with Gasteiger partial charge in [-0.25, -0.2) is 24.4 Å². The molecule has 2 aliphatic rings. The molecule has 0 unspecified atom stereocenters. The molecule has 2 aliphatic heterocycles. The molecule has 6 N–H and O–H groups in total. The number of sulfonamides is 1. The highest BCUT2D eigenvalue weighted by Crippen LogP contribution is 2.35. The molecule has 2 aromatic rings. The number of primary sulfonamides is 1. The minimum atomic E-state index is -3.88. The Kier molecular flexibility index (Phi) is 4.20. The second-order valence-corrected chi connectivity index (χ2v) is 7.54. The Morgan fingerprint density at radius 2 is 1.92 bits per heavy atom. The van der Waals surface area contributed by atoms with Crippen LogP contribution in [0.5, 0.6) is 5.75 Å². The number of ether oxygens (including phenoxy) is 1. The number of rotatable bonds is 3. The maximum absolute atomic E-state index is 12.1. The van der Waals surface area contributed by atoms with Crippen LogP contribution in [0.2, 0.25) is 0 Å². The molecule has 25 heavy (non-hydrogen) atoms. The van der Waals surface area contributed by atoms with Crippen LogP contribution in [0.25, 0.3) is 11.1 Å². The van der Waals surface area contributed by atoms with Crippen molar-refractivity contribution in [1.29, 1.82) is 0 Å².